The summed E-state index contributed by atoms with van der Waals surface area (Å²) in [7, 11) is 0. The number of anilines is 1. The van der Waals surface area contributed by atoms with E-state index in [1.54, 1.807) is 25.1 Å². The number of para-hydroxylation sites is 1. The van der Waals surface area contributed by atoms with E-state index in [0.29, 0.717) is 22.0 Å². The normalized spacial score (nSPS) is 13.5. The van der Waals surface area contributed by atoms with Gasteiger partial charge in [0.05, 0.1) is 22.7 Å². The lowest BCUT2D eigenvalue weighted by Crippen LogP contribution is -2.13. The van der Waals surface area contributed by atoms with E-state index < -0.39 is 16.8 Å². The lowest BCUT2D eigenvalue weighted by atomic mass is 10.1. The number of nitrogens with zero attached hydrogens (tertiary/aromatic N) is 1. The molecule has 0 atom stereocenters. The maximum atomic E-state index is 12.3. The lowest BCUT2D eigenvalue weighted by Gasteiger charge is -2.07. The molecule has 1 aromatic heterocycles. The second-order valence-electron chi connectivity index (χ2n) is 6.03. The van der Waals surface area contributed by atoms with Crippen LogP contribution in [-0.2, 0) is 9.53 Å². The topological polar surface area (TPSA) is 98.5 Å². The molecule has 8 heteroatoms. The molecule has 140 valence electrons. The first-order chi connectivity index (χ1) is 13.0. The number of carbonyl (C=O) groups is 2. The Morgan fingerprint density at radius 3 is 2.78 bits per heavy atom. The third-order valence-corrected chi connectivity index (χ3v) is 5.01. The molecule has 0 saturated heterocycles. The van der Waals surface area contributed by atoms with Crippen LogP contribution in [0.2, 0.25) is 0 Å². The highest BCUT2D eigenvalue weighted by molar-refractivity contribution is 7.15. The molecule has 1 heterocycles. The molecule has 1 amide bonds. The first-order valence-electron chi connectivity index (χ1n) is 8.52. The molecule has 1 saturated carbocycles. The van der Waals surface area contributed by atoms with Gasteiger partial charge in [-0.05, 0) is 48.8 Å². The zero-order valence-electron chi connectivity index (χ0n) is 14.6. The van der Waals surface area contributed by atoms with Gasteiger partial charge in [-0.25, -0.2) is 4.79 Å². The van der Waals surface area contributed by atoms with E-state index in [4.69, 9.17) is 4.74 Å². The minimum atomic E-state index is -0.502. The molecule has 1 fully saturated rings. The fourth-order valence-corrected chi connectivity index (χ4v) is 3.72. The van der Waals surface area contributed by atoms with E-state index in [1.807, 2.05) is 5.38 Å². The number of ether oxygens (including phenoxy) is 1. The monoisotopic (exact) mass is 386 g/mol. The van der Waals surface area contributed by atoms with Crippen LogP contribution in [0.25, 0.3) is 6.08 Å². The van der Waals surface area contributed by atoms with Crippen molar-refractivity contribution in [2.24, 2.45) is 0 Å². The molecule has 1 N–H and O–H groups in total. The highest BCUT2D eigenvalue weighted by Gasteiger charge is 2.32. The molecule has 0 spiro atoms. The van der Waals surface area contributed by atoms with Crippen molar-refractivity contribution < 1.29 is 19.2 Å². The van der Waals surface area contributed by atoms with Crippen LogP contribution in [0.3, 0.4) is 0 Å². The van der Waals surface area contributed by atoms with Gasteiger partial charge in [0.1, 0.15) is 5.00 Å². The Kier molecular flexibility index (Phi) is 5.66. The summed E-state index contributed by atoms with van der Waals surface area (Å²) >= 11 is 1.28. The van der Waals surface area contributed by atoms with Crippen LogP contribution in [0.1, 0.15) is 47.2 Å². The van der Waals surface area contributed by atoms with Crippen LogP contribution in [0.15, 0.2) is 35.7 Å². The van der Waals surface area contributed by atoms with E-state index in [2.05, 4.69) is 5.32 Å². The van der Waals surface area contributed by atoms with Gasteiger partial charge in [-0.1, -0.05) is 12.1 Å². The smallest absolute Gasteiger partial charge is 0.341 e. The van der Waals surface area contributed by atoms with Gasteiger partial charge in [0.25, 0.3) is 5.69 Å². The van der Waals surface area contributed by atoms with E-state index in [-0.39, 0.29) is 12.3 Å². The van der Waals surface area contributed by atoms with Crippen molar-refractivity contribution in [2.45, 2.75) is 25.7 Å². The maximum absolute atomic E-state index is 12.3. The molecule has 0 radical (unpaired) electrons. The number of nitro groups is 1. The van der Waals surface area contributed by atoms with Crippen molar-refractivity contribution in [3.8, 4) is 0 Å². The third-order valence-electron chi connectivity index (χ3n) is 4.10. The summed E-state index contributed by atoms with van der Waals surface area (Å²) in [6.07, 6.45) is 4.64. The van der Waals surface area contributed by atoms with E-state index in [0.717, 1.165) is 18.4 Å². The number of benzene rings is 1. The first kappa shape index (κ1) is 18.8. The van der Waals surface area contributed by atoms with Crippen LogP contribution < -0.4 is 5.32 Å². The molecule has 27 heavy (non-hydrogen) atoms. The Morgan fingerprint density at radius 1 is 1.37 bits per heavy atom. The molecule has 3 rings (SSSR count). The largest absolute Gasteiger partial charge is 0.462 e. The predicted molar refractivity (Wildman–Crippen MR) is 103 cm³/mol. The fourth-order valence-electron chi connectivity index (χ4n) is 2.69. The Morgan fingerprint density at radius 2 is 2.11 bits per heavy atom. The third kappa shape index (κ3) is 4.40. The summed E-state index contributed by atoms with van der Waals surface area (Å²) in [5.41, 5.74) is 1.57. The molecule has 7 nitrogen and oxygen atoms in total. The van der Waals surface area contributed by atoms with Gasteiger partial charge < -0.3 is 10.1 Å². The quantitative estimate of drug-likeness (QED) is 0.330. The van der Waals surface area contributed by atoms with Crippen LogP contribution in [0.5, 0.6) is 0 Å². The standard InChI is InChI=1S/C19H18N2O5S/c1-2-26-19(23)17-14(12-7-8-12)11-27-18(17)20-16(22)10-9-13-5-3-4-6-15(13)21(24)25/h3-6,9-12H,2,7-8H2,1H3,(H,20,22)/b10-9+. The zero-order valence-corrected chi connectivity index (χ0v) is 15.5. The Labute approximate surface area is 159 Å². The van der Waals surface area contributed by atoms with Crippen LogP contribution in [-0.4, -0.2) is 23.4 Å². The first-order valence-corrected chi connectivity index (χ1v) is 9.40. The van der Waals surface area contributed by atoms with Gasteiger partial charge >= 0.3 is 5.97 Å². The van der Waals surface area contributed by atoms with Crippen LogP contribution >= 0.6 is 11.3 Å². The second kappa shape index (κ2) is 8.13. The number of carbonyl (C=O) groups excluding carboxylic acids is 2. The van der Waals surface area contributed by atoms with Crippen LogP contribution in [0.4, 0.5) is 10.7 Å². The van der Waals surface area contributed by atoms with Crippen molar-refractivity contribution in [3.05, 3.63) is 62.5 Å². The molecular formula is C19H18N2O5S. The molecule has 1 aliphatic carbocycles. The van der Waals surface area contributed by atoms with Crippen molar-refractivity contribution in [3.63, 3.8) is 0 Å². The van der Waals surface area contributed by atoms with Gasteiger partial charge in [-0.15, -0.1) is 11.3 Å². The van der Waals surface area contributed by atoms with Gasteiger partial charge in [-0.2, -0.15) is 0 Å². The Balaban J connectivity index is 1.79. The van der Waals surface area contributed by atoms with E-state index in [9.17, 15) is 19.7 Å². The van der Waals surface area contributed by atoms with Gasteiger partial charge in [0.15, 0.2) is 0 Å². The SMILES string of the molecule is CCOC(=O)c1c(C2CC2)csc1NC(=O)/C=C/c1ccccc1[N+](=O)[O-]. The number of nitrogens with one attached hydrogen (secondary N) is 1. The van der Waals surface area contributed by atoms with Crippen molar-refractivity contribution in [2.75, 3.05) is 11.9 Å². The average molecular weight is 386 g/mol. The minimum absolute atomic E-state index is 0.0825. The highest BCUT2D eigenvalue weighted by atomic mass is 32.1. The zero-order chi connectivity index (χ0) is 19.4. The molecule has 0 aliphatic heterocycles. The molecule has 0 unspecified atom stereocenters. The second-order valence-corrected chi connectivity index (χ2v) is 6.91. The van der Waals surface area contributed by atoms with E-state index >= 15 is 0 Å². The molecule has 2 aromatic rings. The Hall–Kier alpha value is -3.00. The van der Waals surface area contributed by atoms with Gasteiger partial charge in [0.2, 0.25) is 5.91 Å². The molecule has 0 bridgehead atoms. The number of esters is 1. The van der Waals surface area contributed by atoms with Gasteiger partial charge in [-0.3, -0.25) is 14.9 Å². The number of nitro benzene ring substituents is 1. The molecule has 1 aliphatic rings. The van der Waals surface area contributed by atoms with Gasteiger partial charge in [0, 0.05) is 12.1 Å². The van der Waals surface area contributed by atoms with Crippen molar-refractivity contribution >= 4 is 40.0 Å². The summed E-state index contributed by atoms with van der Waals surface area (Å²) in [4.78, 5) is 35.1. The minimum Gasteiger partial charge on any atom is -0.462 e. The highest BCUT2D eigenvalue weighted by Crippen LogP contribution is 2.46. The summed E-state index contributed by atoms with van der Waals surface area (Å²) in [6.45, 7) is 1.98. The average Bonchev–Trinajstić information content (AvgIpc) is 3.41. The van der Waals surface area contributed by atoms with Crippen LogP contribution in [0, 0.1) is 10.1 Å². The summed E-state index contributed by atoms with van der Waals surface area (Å²) in [5, 5.41) is 16.0. The van der Waals surface area contributed by atoms with E-state index in [1.165, 1.54) is 29.6 Å². The number of hydrogen-bond donors (Lipinski definition) is 1. The van der Waals surface area contributed by atoms with Crippen molar-refractivity contribution in [1.82, 2.24) is 0 Å². The fraction of sp³-hybridized carbons (Fsp3) is 0.263. The number of rotatable bonds is 7. The summed E-state index contributed by atoms with van der Waals surface area (Å²) in [6, 6.07) is 6.15. The predicted octanol–water partition coefficient (Wildman–Crippen LogP) is 4.36. The number of thiophene rings is 1. The number of hydrogen-bond acceptors (Lipinski definition) is 6. The van der Waals surface area contributed by atoms with Crippen molar-refractivity contribution in [1.29, 1.82) is 0 Å². The molecule has 1 aromatic carbocycles. The number of amides is 1. The maximum Gasteiger partial charge on any atom is 0.341 e. The molecular weight excluding hydrogens is 368 g/mol. The lowest BCUT2D eigenvalue weighted by molar-refractivity contribution is -0.385. The summed E-state index contributed by atoms with van der Waals surface area (Å²) in [5.74, 6) is -0.574. The summed E-state index contributed by atoms with van der Waals surface area (Å²) < 4.78 is 5.12. The Bertz CT molecular complexity index is 915.